The SMILES string of the molecule is CC(=O)[NH+]([O-])c1ccnc2ccccc12. The number of para-hydroxylation sites is 1. The Morgan fingerprint density at radius 1 is 1.33 bits per heavy atom. The molecule has 1 amide bonds. The van der Waals surface area contributed by atoms with Crippen LogP contribution in [0.5, 0.6) is 0 Å². The van der Waals surface area contributed by atoms with Gasteiger partial charge < -0.3 is 5.21 Å². The molecule has 1 N–H and O–H groups in total. The third-order valence-electron chi connectivity index (χ3n) is 2.21. The van der Waals surface area contributed by atoms with Gasteiger partial charge in [-0.2, -0.15) is 0 Å². The van der Waals surface area contributed by atoms with Crippen molar-refractivity contribution in [2.75, 3.05) is 0 Å². The first-order chi connectivity index (χ1) is 7.20. The zero-order valence-electron chi connectivity index (χ0n) is 8.23. The highest BCUT2D eigenvalue weighted by atomic mass is 16.5. The zero-order chi connectivity index (χ0) is 10.8. The third-order valence-corrected chi connectivity index (χ3v) is 2.21. The lowest BCUT2D eigenvalue weighted by Gasteiger charge is -2.18. The molecular formula is C11H10N2O2. The number of carbonyl (C=O) groups excluding carboxylic acids is 1. The first kappa shape index (κ1) is 9.76. The van der Waals surface area contributed by atoms with Crippen LogP contribution in [0.1, 0.15) is 6.92 Å². The average Bonchev–Trinajstić information content (AvgIpc) is 2.27. The molecule has 1 aromatic carbocycles. The molecule has 76 valence electrons. The number of nitrogens with zero attached hydrogens (tertiary/aromatic N) is 1. The standard InChI is InChI=1S/C11H10N2O2/c1-8(14)13(15)11-6-7-12-10-5-3-2-4-9(10)11/h2-7,13H,1H3. The second kappa shape index (κ2) is 3.76. The fraction of sp³-hybridized carbons (Fsp3) is 0.0909. The van der Waals surface area contributed by atoms with E-state index in [1.54, 1.807) is 18.3 Å². The third kappa shape index (κ3) is 1.72. The molecule has 1 unspecified atom stereocenters. The summed E-state index contributed by atoms with van der Waals surface area (Å²) < 4.78 is 0. The number of hydrogen-bond donors (Lipinski definition) is 1. The Hall–Kier alpha value is -1.78. The molecule has 0 aliphatic carbocycles. The van der Waals surface area contributed by atoms with Crippen molar-refractivity contribution < 1.29 is 9.86 Å². The van der Waals surface area contributed by atoms with Gasteiger partial charge in [0.05, 0.1) is 17.8 Å². The molecule has 0 saturated carbocycles. The predicted octanol–water partition coefficient (Wildman–Crippen LogP) is 0.795. The van der Waals surface area contributed by atoms with Crippen LogP contribution in [0.4, 0.5) is 5.69 Å². The van der Waals surface area contributed by atoms with E-state index in [2.05, 4.69) is 4.98 Å². The monoisotopic (exact) mass is 202 g/mol. The van der Waals surface area contributed by atoms with Gasteiger partial charge in [0, 0.05) is 12.3 Å². The van der Waals surface area contributed by atoms with Crippen LogP contribution in [-0.4, -0.2) is 10.9 Å². The van der Waals surface area contributed by atoms with Gasteiger partial charge in [-0.15, -0.1) is 0 Å². The number of hydroxylamine groups is 1. The number of nitrogens with one attached hydrogen (secondary N) is 1. The van der Waals surface area contributed by atoms with Gasteiger partial charge in [0.25, 0.3) is 0 Å². The van der Waals surface area contributed by atoms with E-state index in [-0.39, 0.29) is 0 Å². The molecule has 0 aliphatic heterocycles. The molecule has 1 atom stereocenters. The molecule has 15 heavy (non-hydrogen) atoms. The Morgan fingerprint density at radius 2 is 2.07 bits per heavy atom. The molecular weight excluding hydrogens is 192 g/mol. The van der Waals surface area contributed by atoms with Gasteiger partial charge in [-0.3, -0.25) is 10.0 Å². The van der Waals surface area contributed by atoms with Crippen molar-refractivity contribution in [3.63, 3.8) is 0 Å². The van der Waals surface area contributed by atoms with Crippen molar-refractivity contribution in [1.82, 2.24) is 4.98 Å². The molecule has 0 saturated heterocycles. The number of pyridine rings is 1. The molecule has 0 spiro atoms. The highest BCUT2D eigenvalue weighted by Gasteiger charge is 2.11. The van der Waals surface area contributed by atoms with E-state index in [0.29, 0.717) is 5.69 Å². The van der Waals surface area contributed by atoms with Gasteiger partial charge in [0.15, 0.2) is 0 Å². The maximum Gasteiger partial charge on any atom is 0.313 e. The minimum absolute atomic E-state index is 0.424. The number of fused-ring (bicyclic) bond motifs is 1. The van der Waals surface area contributed by atoms with Gasteiger partial charge in [0.2, 0.25) is 0 Å². The smallest absolute Gasteiger partial charge is 0.313 e. The highest BCUT2D eigenvalue weighted by molar-refractivity contribution is 5.88. The fourth-order valence-corrected chi connectivity index (χ4v) is 1.48. The summed E-state index contributed by atoms with van der Waals surface area (Å²) in [4.78, 5) is 15.1. The Morgan fingerprint density at radius 3 is 2.80 bits per heavy atom. The lowest BCUT2D eigenvalue weighted by atomic mass is 10.2. The minimum Gasteiger partial charge on any atom is -0.621 e. The van der Waals surface area contributed by atoms with E-state index in [9.17, 15) is 10.0 Å². The summed E-state index contributed by atoms with van der Waals surface area (Å²) in [5, 5.41) is 11.8. The van der Waals surface area contributed by atoms with E-state index in [1.165, 1.54) is 6.92 Å². The highest BCUT2D eigenvalue weighted by Crippen LogP contribution is 2.17. The molecule has 1 aromatic heterocycles. The van der Waals surface area contributed by atoms with Crippen LogP contribution in [0.15, 0.2) is 36.5 Å². The van der Waals surface area contributed by atoms with Gasteiger partial charge in [-0.1, -0.05) is 12.1 Å². The van der Waals surface area contributed by atoms with Crippen molar-refractivity contribution in [1.29, 1.82) is 0 Å². The number of benzene rings is 1. The largest absolute Gasteiger partial charge is 0.621 e. The summed E-state index contributed by atoms with van der Waals surface area (Å²) in [6.07, 6.45) is 1.54. The van der Waals surface area contributed by atoms with E-state index >= 15 is 0 Å². The lowest BCUT2D eigenvalue weighted by molar-refractivity contribution is -0.686. The molecule has 2 aromatic rings. The number of aromatic nitrogens is 1. The summed E-state index contributed by atoms with van der Waals surface area (Å²) in [7, 11) is 0. The maximum absolute atomic E-state index is 11.6. The summed E-state index contributed by atoms with van der Waals surface area (Å²) in [5.41, 5.74) is 1.15. The second-order valence-electron chi connectivity index (χ2n) is 3.26. The number of hydrogen-bond acceptors (Lipinski definition) is 3. The summed E-state index contributed by atoms with van der Waals surface area (Å²) in [6, 6.07) is 8.84. The van der Waals surface area contributed by atoms with Gasteiger partial charge in [0.1, 0.15) is 5.69 Å². The summed E-state index contributed by atoms with van der Waals surface area (Å²) in [6.45, 7) is 1.28. The van der Waals surface area contributed by atoms with E-state index in [4.69, 9.17) is 0 Å². The Kier molecular flexibility index (Phi) is 2.45. The number of carbonyl (C=O) groups is 1. The molecule has 0 bridgehead atoms. The number of rotatable bonds is 1. The van der Waals surface area contributed by atoms with Crippen molar-refractivity contribution in [3.8, 4) is 0 Å². The van der Waals surface area contributed by atoms with Crippen molar-refractivity contribution in [2.45, 2.75) is 6.92 Å². The van der Waals surface area contributed by atoms with Crippen LogP contribution in [0, 0.1) is 5.21 Å². The Bertz CT molecular complexity index is 505. The Labute approximate surface area is 86.7 Å². The summed E-state index contributed by atoms with van der Waals surface area (Å²) >= 11 is 0. The van der Waals surface area contributed by atoms with Crippen LogP contribution < -0.4 is 5.06 Å². The first-order valence-electron chi connectivity index (χ1n) is 4.59. The Balaban J connectivity index is 2.65. The molecule has 4 nitrogen and oxygen atoms in total. The molecule has 0 aliphatic rings. The van der Waals surface area contributed by atoms with E-state index < -0.39 is 11.0 Å². The average molecular weight is 202 g/mol. The van der Waals surface area contributed by atoms with Crippen LogP contribution in [0.25, 0.3) is 10.9 Å². The van der Waals surface area contributed by atoms with Crippen molar-refractivity contribution in [3.05, 3.63) is 41.7 Å². The summed E-state index contributed by atoms with van der Waals surface area (Å²) in [5.74, 6) is -0.452. The van der Waals surface area contributed by atoms with Crippen LogP contribution in [0.3, 0.4) is 0 Å². The minimum atomic E-state index is -0.464. The molecule has 4 heteroatoms. The lowest BCUT2D eigenvalue weighted by Crippen LogP contribution is -3.04. The van der Waals surface area contributed by atoms with Gasteiger partial charge in [-0.05, 0) is 12.1 Å². The van der Waals surface area contributed by atoms with Crippen LogP contribution >= 0.6 is 0 Å². The van der Waals surface area contributed by atoms with Gasteiger partial charge in [-0.25, -0.2) is 4.79 Å². The zero-order valence-corrected chi connectivity index (χ0v) is 8.23. The second-order valence-corrected chi connectivity index (χ2v) is 3.26. The van der Waals surface area contributed by atoms with Crippen molar-refractivity contribution in [2.24, 2.45) is 0 Å². The van der Waals surface area contributed by atoms with Crippen molar-refractivity contribution >= 4 is 22.5 Å². The quantitative estimate of drug-likeness (QED) is 0.696. The predicted molar refractivity (Wildman–Crippen MR) is 56.4 cm³/mol. The van der Waals surface area contributed by atoms with Gasteiger partial charge >= 0.3 is 5.91 Å². The normalized spacial score (nSPS) is 12.7. The topological polar surface area (TPSA) is 57.5 Å². The van der Waals surface area contributed by atoms with Crippen LogP contribution in [0.2, 0.25) is 0 Å². The molecule has 0 radical (unpaired) electrons. The van der Waals surface area contributed by atoms with E-state index in [0.717, 1.165) is 10.9 Å². The number of quaternary nitrogens is 1. The van der Waals surface area contributed by atoms with E-state index in [1.807, 2.05) is 18.2 Å². The molecule has 1 heterocycles. The number of amides is 1. The first-order valence-corrected chi connectivity index (χ1v) is 4.59. The van der Waals surface area contributed by atoms with Crippen LogP contribution in [-0.2, 0) is 4.79 Å². The fourth-order valence-electron chi connectivity index (χ4n) is 1.48. The molecule has 0 fully saturated rings. The molecule has 2 rings (SSSR count). The maximum atomic E-state index is 11.6.